The van der Waals surface area contributed by atoms with Crippen LogP contribution < -0.4 is 10.6 Å². The lowest BCUT2D eigenvalue weighted by molar-refractivity contribution is -0.134. The zero-order valence-electron chi connectivity index (χ0n) is 14.5. The fraction of sp³-hybridized carbons (Fsp3) is 0.273. The van der Waals surface area contributed by atoms with Gasteiger partial charge in [0.2, 0.25) is 11.8 Å². The molecule has 0 aliphatic heterocycles. The van der Waals surface area contributed by atoms with Gasteiger partial charge in [0.25, 0.3) is 0 Å². The molecule has 2 aromatic rings. The minimum atomic E-state index is -0.331. The number of nitrogens with one attached hydrogen (secondary N) is 2. The monoisotopic (exact) mass is 346 g/mol. The van der Waals surface area contributed by atoms with Gasteiger partial charge in [0, 0.05) is 11.4 Å². The number of anilines is 2. The number of fused-ring (bicyclic) bond motifs is 2. The molecule has 0 spiro atoms. The molecule has 2 bridgehead atoms. The predicted molar refractivity (Wildman–Crippen MR) is 102 cm³/mol. The molecule has 4 atom stereocenters. The molecule has 1 saturated carbocycles. The normalized spacial score (nSPS) is 26.3. The van der Waals surface area contributed by atoms with E-state index in [0.29, 0.717) is 0 Å². The summed E-state index contributed by atoms with van der Waals surface area (Å²) >= 11 is 0. The van der Waals surface area contributed by atoms with Crippen LogP contribution in [0.15, 0.2) is 72.8 Å². The molecule has 132 valence electrons. The minimum absolute atomic E-state index is 0.0662. The van der Waals surface area contributed by atoms with Crippen molar-refractivity contribution in [3.63, 3.8) is 0 Å². The Morgan fingerprint density at radius 2 is 1.04 bits per heavy atom. The number of hydrogen-bond donors (Lipinski definition) is 2. The lowest BCUT2D eigenvalue weighted by atomic mass is 9.61. The lowest BCUT2D eigenvalue weighted by Crippen LogP contribution is -2.48. The van der Waals surface area contributed by atoms with E-state index in [0.717, 1.165) is 24.2 Å². The molecule has 0 radical (unpaired) electrons. The first-order chi connectivity index (χ1) is 12.7. The molecule has 2 amide bonds. The van der Waals surface area contributed by atoms with E-state index in [4.69, 9.17) is 0 Å². The number of carbonyl (C=O) groups is 2. The molecule has 3 aliphatic carbocycles. The summed E-state index contributed by atoms with van der Waals surface area (Å²) in [4.78, 5) is 26.0. The van der Waals surface area contributed by atoms with E-state index in [2.05, 4.69) is 22.8 Å². The number of carbonyl (C=O) groups excluding carboxylic acids is 2. The average Bonchev–Trinajstić information content (AvgIpc) is 2.69. The summed E-state index contributed by atoms with van der Waals surface area (Å²) in [7, 11) is 0. The third kappa shape index (κ3) is 3.27. The van der Waals surface area contributed by atoms with Crippen molar-refractivity contribution in [2.24, 2.45) is 23.7 Å². The van der Waals surface area contributed by atoms with Gasteiger partial charge in [-0.3, -0.25) is 9.59 Å². The molecule has 2 aromatic carbocycles. The van der Waals surface area contributed by atoms with Crippen LogP contribution in [0.1, 0.15) is 12.8 Å². The van der Waals surface area contributed by atoms with Crippen molar-refractivity contribution < 1.29 is 9.59 Å². The van der Waals surface area contributed by atoms with Crippen molar-refractivity contribution >= 4 is 23.2 Å². The van der Waals surface area contributed by atoms with E-state index in [1.807, 2.05) is 60.7 Å². The number of amides is 2. The summed E-state index contributed by atoms with van der Waals surface area (Å²) in [5.74, 6) is -0.553. The van der Waals surface area contributed by atoms with Crippen LogP contribution in [-0.4, -0.2) is 11.8 Å². The summed E-state index contributed by atoms with van der Waals surface area (Å²) in [6.45, 7) is 0. The van der Waals surface area contributed by atoms with E-state index in [1.165, 1.54) is 0 Å². The van der Waals surface area contributed by atoms with Crippen molar-refractivity contribution in [2.45, 2.75) is 12.8 Å². The summed E-state index contributed by atoms with van der Waals surface area (Å²) in [6.07, 6.45) is 6.16. The average molecular weight is 346 g/mol. The van der Waals surface area contributed by atoms with Crippen LogP contribution in [0.25, 0.3) is 0 Å². The van der Waals surface area contributed by atoms with Crippen molar-refractivity contribution in [3.8, 4) is 0 Å². The summed E-state index contributed by atoms with van der Waals surface area (Å²) in [5, 5.41) is 5.98. The van der Waals surface area contributed by atoms with Gasteiger partial charge < -0.3 is 10.6 Å². The number of hydrogen-bond acceptors (Lipinski definition) is 2. The minimum Gasteiger partial charge on any atom is -0.326 e. The lowest BCUT2D eigenvalue weighted by Gasteiger charge is -2.43. The zero-order chi connectivity index (χ0) is 17.9. The summed E-state index contributed by atoms with van der Waals surface area (Å²) < 4.78 is 0. The Morgan fingerprint density at radius 3 is 1.38 bits per heavy atom. The van der Waals surface area contributed by atoms with Gasteiger partial charge in [0.15, 0.2) is 0 Å². The van der Waals surface area contributed by atoms with Crippen LogP contribution in [0.2, 0.25) is 0 Å². The zero-order valence-corrected chi connectivity index (χ0v) is 14.5. The molecular formula is C22H22N2O2. The van der Waals surface area contributed by atoms with Crippen molar-refractivity contribution in [2.75, 3.05) is 10.6 Å². The topological polar surface area (TPSA) is 58.2 Å². The predicted octanol–water partition coefficient (Wildman–Crippen LogP) is 4.09. The fourth-order valence-electron chi connectivity index (χ4n) is 4.20. The SMILES string of the molecule is O=C(Nc1ccccc1)[C@@H]1[C@H](C(=O)Nc2ccccc2)[C@H]2C=C[C@H]1CC2. The van der Waals surface area contributed by atoms with Crippen molar-refractivity contribution in [1.29, 1.82) is 0 Å². The summed E-state index contributed by atoms with van der Waals surface area (Å²) in [6, 6.07) is 18.9. The Balaban J connectivity index is 1.56. The van der Waals surface area contributed by atoms with Crippen LogP contribution in [0.3, 0.4) is 0 Å². The Kier molecular flexibility index (Phi) is 4.57. The maximum absolute atomic E-state index is 13.0. The first-order valence-electron chi connectivity index (χ1n) is 9.12. The fourth-order valence-corrected chi connectivity index (χ4v) is 4.20. The third-order valence-electron chi connectivity index (χ3n) is 5.44. The molecule has 0 saturated heterocycles. The first-order valence-corrected chi connectivity index (χ1v) is 9.12. The van der Waals surface area contributed by atoms with E-state index < -0.39 is 0 Å². The van der Waals surface area contributed by atoms with Gasteiger partial charge in [-0.2, -0.15) is 0 Å². The molecule has 3 aliphatic rings. The number of rotatable bonds is 4. The molecular weight excluding hydrogens is 324 g/mol. The van der Waals surface area contributed by atoms with Gasteiger partial charge >= 0.3 is 0 Å². The molecule has 1 fully saturated rings. The van der Waals surface area contributed by atoms with E-state index >= 15 is 0 Å². The molecule has 4 heteroatoms. The highest BCUT2D eigenvalue weighted by molar-refractivity contribution is 6.00. The van der Waals surface area contributed by atoms with Crippen LogP contribution in [0.5, 0.6) is 0 Å². The Labute approximate surface area is 153 Å². The maximum Gasteiger partial charge on any atom is 0.228 e. The number of benzene rings is 2. The maximum atomic E-state index is 13.0. The van der Waals surface area contributed by atoms with Crippen LogP contribution in [0.4, 0.5) is 11.4 Å². The van der Waals surface area contributed by atoms with Gasteiger partial charge in [0.1, 0.15) is 0 Å². The molecule has 4 nitrogen and oxygen atoms in total. The smallest absolute Gasteiger partial charge is 0.228 e. The van der Waals surface area contributed by atoms with Gasteiger partial charge in [-0.25, -0.2) is 0 Å². The van der Waals surface area contributed by atoms with Gasteiger partial charge in [-0.1, -0.05) is 48.6 Å². The highest BCUT2D eigenvalue weighted by Gasteiger charge is 2.48. The number of para-hydroxylation sites is 2. The van der Waals surface area contributed by atoms with Crippen molar-refractivity contribution in [1.82, 2.24) is 0 Å². The molecule has 26 heavy (non-hydrogen) atoms. The second kappa shape index (κ2) is 7.16. The van der Waals surface area contributed by atoms with Crippen LogP contribution >= 0.6 is 0 Å². The molecule has 0 aromatic heterocycles. The van der Waals surface area contributed by atoms with E-state index in [-0.39, 0.29) is 35.5 Å². The summed E-state index contributed by atoms with van der Waals surface area (Å²) in [5.41, 5.74) is 1.54. The Bertz CT molecular complexity index is 747. The van der Waals surface area contributed by atoms with Gasteiger partial charge in [0.05, 0.1) is 11.8 Å². The second-order valence-electron chi connectivity index (χ2n) is 7.05. The standard InChI is InChI=1S/C22H22N2O2/c25-21(23-17-7-3-1-4-8-17)19-15-11-13-16(14-12-15)20(19)22(26)24-18-9-5-2-6-10-18/h1-11,13,15-16,19-20H,12,14H2,(H,23,25)(H,24,26)/t15-,16-,19-,20+/m0/s1. The Hall–Kier alpha value is -2.88. The van der Waals surface area contributed by atoms with Gasteiger partial charge in [-0.05, 0) is 48.9 Å². The number of allylic oxidation sites excluding steroid dienone is 2. The van der Waals surface area contributed by atoms with Crippen molar-refractivity contribution in [3.05, 3.63) is 72.8 Å². The quantitative estimate of drug-likeness (QED) is 0.819. The molecule has 2 N–H and O–H groups in total. The van der Waals surface area contributed by atoms with E-state index in [1.54, 1.807) is 0 Å². The molecule has 5 rings (SSSR count). The highest BCUT2D eigenvalue weighted by Crippen LogP contribution is 2.45. The van der Waals surface area contributed by atoms with Gasteiger partial charge in [-0.15, -0.1) is 0 Å². The third-order valence-corrected chi connectivity index (χ3v) is 5.44. The Morgan fingerprint density at radius 1 is 0.654 bits per heavy atom. The molecule has 0 heterocycles. The van der Waals surface area contributed by atoms with Crippen LogP contribution in [0, 0.1) is 23.7 Å². The first kappa shape index (κ1) is 16.6. The van der Waals surface area contributed by atoms with Crippen LogP contribution in [-0.2, 0) is 9.59 Å². The second-order valence-corrected chi connectivity index (χ2v) is 7.05. The largest absolute Gasteiger partial charge is 0.326 e. The van der Waals surface area contributed by atoms with E-state index in [9.17, 15) is 9.59 Å². The highest BCUT2D eigenvalue weighted by atomic mass is 16.2. The molecule has 0 unspecified atom stereocenters.